The van der Waals surface area contributed by atoms with E-state index in [-0.39, 0.29) is 5.91 Å². The first kappa shape index (κ1) is 14.8. The summed E-state index contributed by atoms with van der Waals surface area (Å²) in [6, 6.07) is 3.69. The van der Waals surface area contributed by atoms with Crippen molar-refractivity contribution >= 4 is 11.7 Å². The maximum absolute atomic E-state index is 12.4. The van der Waals surface area contributed by atoms with Crippen LogP contribution < -0.4 is 4.90 Å². The lowest BCUT2D eigenvalue weighted by atomic mass is 10.2. The van der Waals surface area contributed by atoms with Gasteiger partial charge in [-0.05, 0) is 38.8 Å². The summed E-state index contributed by atoms with van der Waals surface area (Å²) in [6.45, 7) is 7.65. The normalized spacial score (nSPS) is 15.8. The van der Waals surface area contributed by atoms with Crippen LogP contribution in [0.5, 0.6) is 0 Å². The van der Waals surface area contributed by atoms with Gasteiger partial charge in [-0.1, -0.05) is 12.8 Å². The van der Waals surface area contributed by atoms with Crippen LogP contribution in [0.3, 0.4) is 0 Å². The average Bonchev–Trinajstić information content (AvgIpc) is 2.77. The Hall–Kier alpha value is -1.65. The highest BCUT2D eigenvalue weighted by molar-refractivity contribution is 5.92. The SMILES string of the molecule is CCN(CC)c1ccc(C(=O)N2CCCCCC2)nn1. The molecule has 0 bridgehead atoms. The number of likely N-dealkylation sites (tertiary alicyclic amines) is 1. The number of aromatic nitrogens is 2. The van der Waals surface area contributed by atoms with Gasteiger partial charge in [-0.2, -0.15) is 0 Å². The predicted octanol–water partition coefficient (Wildman–Crippen LogP) is 2.34. The van der Waals surface area contributed by atoms with Gasteiger partial charge in [-0.25, -0.2) is 0 Å². The molecule has 2 rings (SSSR count). The lowest BCUT2D eigenvalue weighted by molar-refractivity contribution is 0.0754. The maximum atomic E-state index is 12.4. The third-order valence-electron chi connectivity index (χ3n) is 3.85. The van der Waals surface area contributed by atoms with Gasteiger partial charge >= 0.3 is 0 Å². The molecule has 0 N–H and O–H groups in total. The highest BCUT2D eigenvalue weighted by Crippen LogP contribution is 2.14. The van der Waals surface area contributed by atoms with Crippen molar-refractivity contribution in [3.8, 4) is 0 Å². The average molecular weight is 276 g/mol. The largest absolute Gasteiger partial charge is 0.356 e. The zero-order valence-corrected chi connectivity index (χ0v) is 12.5. The van der Waals surface area contributed by atoms with E-state index in [1.807, 2.05) is 11.0 Å². The molecular formula is C15H24N4O. The van der Waals surface area contributed by atoms with Crippen molar-refractivity contribution in [2.24, 2.45) is 0 Å². The van der Waals surface area contributed by atoms with Gasteiger partial charge < -0.3 is 9.80 Å². The molecule has 110 valence electrons. The molecule has 1 aromatic heterocycles. The number of amides is 1. The van der Waals surface area contributed by atoms with Gasteiger partial charge in [0.05, 0.1) is 0 Å². The molecule has 0 saturated carbocycles. The minimum absolute atomic E-state index is 0.0190. The molecule has 1 aliphatic rings. The van der Waals surface area contributed by atoms with Crippen LogP contribution in [0.1, 0.15) is 50.0 Å². The van der Waals surface area contributed by atoms with Crippen LogP contribution in [0.15, 0.2) is 12.1 Å². The van der Waals surface area contributed by atoms with Crippen LogP contribution in [0.4, 0.5) is 5.82 Å². The van der Waals surface area contributed by atoms with Crippen LogP contribution >= 0.6 is 0 Å². The van der Waals surface area contributed by atoms with Crippen LogP contribution in [-0.2, 0) is 0 Å². The van der Waals surface area contributed by atoms with Crippen molar-refractivity contribution in [2.45, 2.75) is 39.5 Å². The molecule has 0 spiro atoms. The molecule has 0 radical (unpaired) electrons. The fourth-order valence-electron chi connectivity index (χ4n) is 2.59. The Morgan fingerprint density at radius 2 is 1.75 bits per heavy atom. The number of hydrogen-bond acceptors (Lipinski definition) is 4. The van der Waals surface area contributed by atoms with E-state index in [9.17, 15) is 4.79 Å². The van der Waals surface area contributed by atoms with Crippen molar-refractivity contribution in [1.29, 1.82) is 0 Å². The summed E-state index contributed by atoms with van der Waals surface area (Å²) in [6.07, 6.45) is 4.63. The second kappa shape index (κ2) is 7.22. The van der Waals surface area contributed by atoms with E-state index in [0.29, 0.717) is 5.69 Å². The summed E-state index contributed by atoms with van der Waals surface area (Å²) >= 11 is 0. The van der Waals surface area contributed by atoms with E-state index < -0.39 is 0 Å². The Balaban J connectivity index is 2.06. The molecule has 0 unspecified atom stereocenters. The molecule has 0 aliphatic carbocycles. The summed E-state index contributed by atoms with van der Waals surface area (Å²) < 4.78 is 0. The van der Waals surface area contributed by atoms with Crippen LogP contribution in [0, 0.1) is 0 Å². The molecule has 1 aliphatic heterocycles. The Morgan fingerprint density at radius 3 is 2.25 bits per heavy atom. The van der Waals surface area contributed by atoms with Gasteiger partial charge in [0.15, 0.2) is 11.5 Å². The number of anilines is 1. The van der Waals surface area contributed by atoms with E-state index in [1.165, 1.54) is 12.8 Å². The topological polar surface area (TPSA) is 49.3 Å². The van der Waals surface area contributed by atoms with Crippen molar-refractivity contribution in [2.75, 3.05) is 31.1 Å². The number of carbonyl (C=O) groups excluding carboxylic acids is 1. The summed E-state index contributed by atoms with van der Waals surface area (Å²) in [4.78, 5) is 16.4. The van der Waals surface area contributed by atoms with E-state index >= 15 is 0 Å². The van der Waals surface area contributed by atoms with Crippen LogP contribution in [-0.4, -0.2) is 47.2 Å². The van der Waals surface area contributed by atoms with Crippen LogP contribution in [0.25, 0.3) is 0 Å². The highest BCUT2D eigenvalue weighted by atomic mass is 16.2. The van der Waals surface area contributed by atoms with Gasteiger partial charge in [-0.15, -0.1) is 10.2 Å². The lowest BCUT2D eigenvalue weighted by Gasteiger charge is -2.21. The maximum Gasteiger partial charge on any atom is 0.274 e. The van der Waals surface area contributed by atoms with Crippen molar-refractivity contribution in [3.63, 3.8) is 0 Å². The monoisotopic (exact) mass is 276 g/mol. The fourth-order valence-corrected chi connectivity index (χ4v) is 2.59. The van der Waals surface area contributed by atoms with Gasteiger partial charge in [0.25, 0.3) is 5.91 Å². The zero-order chi connectivity index (χ0) is 14.4. The molecule has 5 heteroatoms. The molecule has 0 aromatic carbocycles. The predicted molar refractivity (Wildman–Crippen MR) is 80.0 cm³/mol. The summed E-state index contributed by atoms with van der Waals surface area (Å²) in [5.41, 5.74) is 0.461. The standard InChI is InChI=1S/C15H24N4O/c1-3-18(4-2)14-10-9-13(16-17-14)15(20)19-11-7-5-6-8-12-19/h9-10H,3-8,11-12H2,1-2H3. The van der Waals surface area contributed by atoms with Gasteiger partial charge in [0.2, 0.25) is 0 Å². The molecule has 1 saturated heterocycles. The first-order valence-corrected chi connectivity index (χ1v) is 7.64. The van der Waals surface area contributed by atoms with E-state index in [0.717, 1.165) is 44.8 Å². The summed E-state index contributed by atoms with van der Waals surface area (Å²) in [5, 5.41) is 8.31. The smallest absolute Gasteiger partial charge is 0.274 e. The lowest BCUT2D eigenvalue weighted by Crippen LogP contribution is -2.32. The second-order valence-corrected chi connectivity index (χ2v) is 5.16. The number of rotatable bonds is 4. The summed E-state index contributed by atoms with van der Waals surface area (Å²) in [7, 11) is 0. The van der Waals surface area contributed by atoms with Crippen molar-refractivity contribution < 1.29 is 4.79 Å². The summed E-state index contributed by atoms with van der Waals surface area (Å²) in [5.74, 6) is 0.855. The van der Waals surface area contributed by atoms with Gasteiger partial charge in [-0.3, -0.25) is 4.79 Å². The fraction of sp³-hybridized carbons (Fsp3) is 0.667. The molecular weight excluding hydrogens is 252 g/mol. The Bertz CT molecular complexity index is 420. The second-order valence-electron chi connectivity index (χ2n) is 5.16. The molecule has 2 heterocycles. The Morgan fingerprint density at radius 1 is 1.10 bits per heavy atom. The molecule has 1 fully saturated rings. The first-order chi connectivity index (χ1) is 9.76. The van der Waals surface area contributed by atoms with Gasteiger partial charge in [0, 0.05) is 26.2 Å². The number of nitrogens with zero attached hydrogens (tertiary/aromatic N) is 4. The third kappa shape index (κ3) is 3.46. The van der Waals surface area contributed by atoms with E-state index in [2.05, 4.69) is 28.9 Å². The third-order valence-corrected chi connectivity index (χ3v) is 3.85. The van der Waals surface area contributed by atoms with Crippen molar-refractivity contribution in [3.05, 3.63) is 17.8 Å². The molecule has 0 atom stereocenters. The molecule has 20 heavy (non-hydrogen) atoms. The first-order valence-electron chi connectivity index (χ1n) is 7.64. The van der Waals surface area contributed by atoms with E-state index in [1.54, 1.807) is 6.07 Å². The van der Waals surface area contributed by atoms with E-state index in [4.69, 9.17) is 0 Å². The van der Waals surface area contributed by atoms with Crippen molar-refractivity contribution in [1.82, 2.24) is 15.1 Å². The molecule has 1 aromatic rings. The highest BCUT2D eigenvalue weighted by Gasteiger charge is 2.19. The molecule has 1 amide bonds. The minimum Gasteiger partial charge on any atom is -0.356 e. The zero-order valence-electron chi connectivity index (χ0n) is 12.5. The quantitative estimate of drug-likeness (QED) is 0.847. The van der Waals surface area contributed by atoms with Gasteiger partial charge in [0.1, 0.15) is 0 Å². The Labute approximate surface area is 121 Å². The van der Waals surface area contributed by atoms with Crippen LogP contribution in [0.2, 0.25) is 0 Å². The number of carbonyl (C=O) groups is 1. The minimum atomic E-state index is 0.0190. The Kier molecular flexibility index (Phi) is 5.32. The number of hydrogen-bond donors (Lipinski definition) is 0. The molecule has 5 nitrogen and oxygen atoms in total.